The number of halogens is 2. The molecule has 0 bridgehead atoms. The predicted molar refractivity (Wildman–Crippen MR) is 70.7 cm³/mol. The molecule has 2 aromatic rings. The van der Waals surface area contributed by atoms with E-state index in [9.17, 15) is 9.18 Å². The predicted octanol–water partition coefficient (Wildman–Crippen LogP) is 3.16. The molecule has 2 rings (SSSR count). The molecule has 0 aliphatic carbocycles. The lowest BCUT2D eigenvalue weighted by Crippen LogP contribution is -2.13. The van der Waals surface area contributed by atoms with Gasteiger partial charge in [-0.1, -0.05) is 29.8 Å². The molecular formula is C14H11ClFNO2. The zero-order valence-electron chi connectivity index (χ0n) is 9.90. The first-order valence-electron chi connectivity index (χ1n) is 5.54. The third-order valence-electron chi connectivity index (χ3n) is 2.59. The van der Waals surface area contributed by atoms with Gasteiger partial charge >= 0.3 is 0 Å². The van der Waals surface area contributed by atoms with Crippen molar-refractivity contribution in [2.75, 3.05) is 0 Å². The molecular weight excluding hydrogens is 269 g/mol. The molecule has 0 aliphatic rings. The Kier molecular flexibility index (Phi) is 4.02. The van der Waals surface area contributed by atoms with E-state index < -0.39 is 11.7 Å². The van der Waals surface area contributed by atoms with Gasteiger partial charge in [-0.15, -0.1) is 0 Å². The van der Waals surface area contributed by atoms with Crippen LogP contribution in [0.2, 0.25) is 5.02 Å². The number of ether oxygens (including phenoxy) is 1. The first-order valence-corrected chi connectivity index (χ1v) is 5.92. The third-order valence-corrected chi connectivity index (χ3v) is 2.94. The first kappa shape index (κ1) is 13.4. The zero-order chi connectivity index (χ0) is 13.8. The first-order chi connectivity index (χ1) is 9.09. The summed E-state index contributed by atoms with van der Waals surface area (Å²) in [5.74, 6) is -0.756. The molecule has 0 heterocycles. The topological polar surface area (TPSA) is 52.3 Å². The Labute approximate surface area is 114 Å². The highest BCUT2D eigenvalue weighted by Gasteiger charge is 2.11. The summed E-state index contributed by atoms with van der Waals surface area (Å²) in [6.45, 7) is -0.0736. The van der Waals surface area contributed by atoms with Gasteiger partial charge < -0.3 is 10.5 Å². The summed E-state index contributed by atoms with van der Waals surface area (Å²) in [6.07, 6.45) is 0. The molecule has 0 aliphatic heterocycles. The Morgan fingerprint density at radius 1 is 1.21 bits per heavy atom. The van der Waals surface area contributed by atoms with Gasteiger partial charge in [-0.25, -0.2) is 4.39 Å². The summed E-state index contributed by atoms with van der Waals surface area (Å²) in [5, 5.41) is 0.275. The van der Waals surface area contributed by atoms with Crippen molar-refractivity contribution in [1.29, 1.82) is 0 Å². The summed E-state index contributed by atoms with van der Waals surface area (Å²) in [5.41, 5.74) is 5.71. The molecule has 0 spiro atoms. The lowest BCUT2D eigenvalue weighted by Gasteiger charge is -2.11. The van der Waals surface area contributed by atoms with Crippen LogP contribution in [0.5, 0.6) is 5.75 Å². The van der Waals surface area contributed by atoms with E-state index in [2.05, 4.69) is 0 Å². The Balaban J connectivity index is 2.22. The molecule has 0 atom stereocenters. The van der Waals surface area contributed by atoms with Crippen LogP contribution >= 0.6 is 11.6 Å². The second-order valence-corrected chi connectivity index (χ2v) is 4.26. The number of benzene rings is 2. The van der Waals surface area contributed by atoms with Crippen molar-refractivity contribution in [3.05, 3.63) is 64.4 Å². The zero-order valence-corrected chi connectivity index (χ0v) is 10.7. The number of carbonyl (C=O) groups excluding carboxylic acids is 1. The molecule has 2 aromatic carbocycles. The maximum Gasteiger partial charge on any atom is 0.252 e. The van der Waals surface area contributed by atoms with E-state index >= 15 is 0 Å². The minimum absolute atomic E-state index is 0.0736. The van der Waals surface area contributed by atoms with Gasteiger partial charge in [0.15, 0.2) is 0 Å². The van der Waals surface area contributed by atoms with Gasteiger partial charge in [-0.05, 0) is 24.3 Å². The highest BCUT2D eigenvalue weighted by atomic mass is 35.5. The van der Waals surface area contributed by atoms with E-state index in [0.717, 1.165) is 0 Å². The van der Waals surface area contributed by atoms with E-state index in [-0.39, 0.29) is 22.8 Å². The lowest BCUT2D eigenvalue weighted by molar-refractivity contribution is 0.0996. The fourth-order valence-electron chi connectivity index (χ4n) is 1.62. The van der Waals surface area contributed by atoms with Crippen LogP contribution in [-0.4, -0.2) is 5.91 Å². The van der Waals surface area contributed by atoms with Crippen molar-refractivity contribution in [3.8, 4) is 5.75 Å². The van der Waals surface area contributed by atoms with Gasteiger partial charge in [0.2, 0.25) is 0 Å². The maximum atomic E-state index is 13.6. The van der Waals surface area contributed by atoms with Crippen LogP contribution in [-0.2, 0) is 6.61 Å². The van der Waals surface area contributed by atoms with Crippen LogP contribution in [0.15, 0.2) is 42.5 Å². The summed E-state index contributed by atoms with van der Waals surface area (Å²) < 4.78 is 19.0. The molecule has 2 N–H and O–H groups in total. The summed E-state index contributed by atoms with van der Waals surface area (Å²) >= 11 is 5.89. The number of hydrogen-bond donors (Lipinski definition) is 1. The number of carbonyl (C=O) groups is 1. The van der Waals surface area contributed by atoms with Gasteiger partial charge in [0, 0.05) is 5.56 Å². The quantitative estimate of drug-likeness (QED) is 0.935. The Bertz CT molecular complexity index is 596. The van der Waals surface area contributed by atoms with E-state index in [0.29, 0.717) is 5.75 Å². The van der Waals surface area contributed by atoms with Crippen molar-refractivity contribution in [2.45, 2.75) is 6.61 Å². The molecule has 0 aromatic heterocycles. The number of rotatable bonds is 4. The monoisotopic (exact) mass is 279 g/mol. The fraction of sp³-hybridized carbons (Fsp3) is 0.0714. The normalized spacial score (nSPS) is 10.2. The molecule has 3 nitrogen and oxygen atoms in total. The minimum Gasteiger partial charge on any atom is -0.488 e. The van der Waals surface area contributed by atoms with Crippen molar-refractivity contribution < 1.29 is 13.9 Å². The summed E-state index contributed by atoms with van der Waals surface area (Å²) in [7, 11) is 0. The van der Waals surface area contributed by atoms with Crippen LogP contribution in [0.3, 0.4) is 0 Å². The van der Waals surface area contributed by atoms with Crippen LogP contribution in [0.1, 0.15) is 15.9 Å². The van der Waals surface area contributed by atoms with Crippen molar-refractivity contribution in [3.63, 3.8) is 0 Å². The maximum absolute atomic E-state index is 13.6. The fourth-order valence-corrected chi connectivity index (χ4v) is 1.83. The molecule has 98 valence electrons. The largest absolute Gasteiger partial charge is 0.488 e. The van der Waals surface area contributed by atoms with Gasteiger partial charge in [0.25, 0.3) is 5.91 Å². The van der Waals surface area contributed by atoms with Crippen LogP contribution in [0, 0.1) is 5.82 Å². The summed E-state index contributed by atoms with van der Waals surface area (Å²) in [4.78, 5) is 11.2. The van der Waals surface area contributed by atoms with Crippen LogP contribution < -0.4 is 10.5 Å². The van der Waals surface area contributed by atoms with E-state index in [1.807, 2.05) is 0 Å². The Hall–Kier alpha value is -2.07. The van der Waals surface area contributed by atoms with E-state index in [1.165, 1.54) is 12.1 Å². The Morgan fingerprint density at radius 2 is 1.95 bits per heavy atom. The molecule has 5 heteroatoms. The average molecular weight is 280 g/mol. The number of para-hydroxylation sites is 1. The van der Waals surface area contributed by atoms with E-state index in [4.69, 9.17) is 22.1 Å². The molecule has 1 amide bonds. The number of amides is 1. The molecule has 0 fully saturated rings. The second-order valence-electron chi connectivity index (χ2n) is 3.85. The molecule has 0 saturated carbocycles. The average Bonchev–Trinajstić information content (AvgIpc) is 2.38. The van der Waals surface area contributed by atoms with Crippen LogP contribution in [0.25, 0.3) is 0 Å². The minimum atomic E-state index is -0.602. The molecule has 0 unspecified atom stereocenters. The van der Waals surface area contributed by atoms with Gasteiger partial charge in [0.05, 0.1) is 10.6 Å². The third kappa shape index (κ3) is 3.03. The smallest absolute Gasteiger partial charge is 0.252 e. The lowest BCUT2D eigenvalue weighted by atomic mass is 10.2. The van der Waals surface area contributed by atoms with Gasteiger partial charge in [-0.2, -0.15) is 0 Å². The number of nitrogens with two attached hydrogens (primary N) is 1. The molecule has 0 radical (unpaired) electrons. The molecule has 0 saturated heterocycles. The number of primary amides is 1. The number of hydrogen-bond acceptors (Lipinski definition) is 2. The van der Waals surface area contributed by atoms with Crippen molar-refractivity contribution in [2.24, 2.45) is 5.73 Å². The SMILES string of the molecule is NC(=O)c1ccccc1OCc1c(F)cccc1Cl. The van der Waals surface area contributed by atoms with Crippen LogP contribution in [0.4, 0.5) is 4.39 Å². The van der Waals surface area contributed by atoms with Crippen molar-refractivity contribution >= 4 is 17.5 Å². The van der Waals surface area contributed by atoms with Crippen molar-refractivity contribution in [1.82, 2.24) is 0 Å². The highest BCUT2D eigenvalue weighted by molar-refractivity contribution is 6.31. The van der Waals surface area contributed by atoms with E-state index in [1.54, 1.807) is 30.3 Å². The highest BCUT2D eigenvalue weighted by Crippen LogP contribution is 2.23. The Morgan fingerprint density at radius 3 is 2.63 bits per heavy atom. The summed E-state index contributed by atoms with van der Waals surface area (Å²) in [6, 6.07) is 10.9. The standard InChI is InChI=1S/C14H11ClFNO2/c15-11-5-3-6-12(16)10(11)8-19-13-7-2-1-4-9(13)14(17)18/h1-7H,8H2,(H2,17,18). The molecule has 19 heavy (non-hydrogen) atoms. The second kappa shape index (κ2) is 5.71. The van der Waals surface area contributed by atoms with Gasteiger partial charge in [0.1, 0.15) is 18.2 Å². The van der Waals surface area contributed by atoms with Gasteiger partial charge in [-0.3, -0.25) is 4.79 Å².